The molecule has 0 aliphatic rings. The van der Waals surface area contributed by atoms with Gasteiger partial charge in [0.25, 0.3) is 0 Å². The molecule has 0 saturated heterocycles. The molecule has 19 heavy (non-hydrogen) atoms. The second-order valence-electron chi connectivity index (χ2n) is 3.88. The van der Waals surface area contributed by atoms with Gasteiger partial charge in [0, 0.05) is 12.6 Å². The van der Waals surface area contributed by atoms with E-state index in [9.17, 15) is 0 Å². The number of aromatic nitrogens is 2. The Kier molecular flexibility index (Phi) is 4.55. The molecular formula is C14H17N3O2. The van der Waals surface area contributed by atoms with Crippen molar-refractivity contribution in [3.05, 3.63) is 42.2 Å². The van der Waals surface area contributed by atoms with E-state index in [4.69, 9.17) is 9.47 Å². The molecule has 1 heterocycles. The van der Waals surface area contributed by atoms with Crippen LogP contribution in [-0.2, 0) is 6.54 Å². The van der Waals surface area contributed by atoms with Crippen LogP contribution in [0.5, 0.6) is 11.6 Å². The average Bonchev–Trinajstić information content (AvgIpc) is 2.46. The van der Waals surface area contributed by atoms with Crippen molar-refractivity contribution in [1.82, 2.24) is 9.97 Å². The highest BCUT2D eigenvalue weighted by Gasteiger charge is 2.00. The van der Waals surface area contributed by atoms with E-state index in [1.807, 2.05) is 31.2 Å². The van der Waals surface area contributed by atoms with Gasteiger partial charge in [-0.1, -0.05) is 12.1 Å². The van der Waals surface area contributed by atoms with Crippen molar-refractivity contribution in [2.75, 3.05) is 19.0 Å². The van der Waals surface area contributed by atoms with E-state index in [-0.39, 0.29) is 0 Å². The first-order valence-corrected chi connectivity index (χ1v) is 6.13. The molecule has 0 fully saturated rings. The number of anilines is 1. The van der Waals surface area contributed by atoms with Crippen molar-refractivity contribution in [3.8, 4) is 11.6 Å². The standard InChI is InChI=1S/C14H17N3O2/c1-3-19-12-6-4-5-11(7-12)9-15-13-8-14(18-2)17-10-16-13/h4-8,10H,3,9H2,1-2H3,(H,15,16,17). The third-order valence-electron chi connectivity index (χ3n) is 2.53. The first kappa shape index (κ1) is 13.1. The van der Waals surface area contributed by atoms with Crippen molar-refractivity contribution < 1.29 is 9.47 Å². The van der Waals surface area contributed by atoms with Crippen molar-refractivity contribution >= 4 is 5.82 Å². The Morgan fingerprint density at radius 1 is 1.21 bits per heavy atom. The van der Waals surface area contributed by atoms with Gasteiger partial charge >= 0.3 is 0 Å². The summed E-state index contributed by atoms with van der Waals surface area (Å²) < 4.78 is 10.5. The molecule has 1 aromatic heterocycles. The lowest BCUT2D eigenvalue weighted by Gasteiger charge is -2.08. The van der Waals surface area contributed by atoms with Crippen LogP contribution in [0.15, 0.2) is 36.7 Å². The van der Waals surface area contributed by atoms with Gasteiger partial charge in [0.1, 0.15) is 17.9 Å². The molecular weight excluding hydrogens is 242 g/mol. The molecule has 0 amide bonds. The predicted octanol–water partition coefficient (Wildman–Crippen LogP) is 2.50. The zero-order valence-corrected chi connectivity index (χ0v) is 11.1. The van der Waals surface area contributed by atoms with E-state index >= 15 is 0 Å². The molecule has 0 bridgehead atoms. The second-order valence-corrected chi connectivity index (χ2v) is 3.88. The van der Waals surface area contributed by atoms with Gasteiger partial charge in [-0.2, -0.15) is 0 Å². The molecule has 1 aromatic carbocycles. The maximum Gasteiger partial charge on any atom is 0.218 e. The SMILES string of the molecule is CCOc1cccc(CNc2cc(OC)ncn2)c1. The van der Waals surface area contributed by atoms with Crippen molar-refractivity contribution in [2.45, 2.75) is 13.5 Å². The van der Waals surface area contributed by atoms with Crippen LogP contribution in [0.3, 0.4) is 0 Å². The smallest absolute Gasteiger partial charge is 0.218 e. The first-order valence-electron chi connectivity index (χ1n) is 6.13. The Morgan fingerprint density at radius 3 is 2.89 bits per heavy atom. The van der Waals surface area contributed by atoms with Crippen LogP contribution in [0, 0.1) is 0 Å². The van der Waals surface area contributed by atoms with Crippen LogP contribution in [0.2, 0.25) is 0 Å². The van der Waals surface area contributed by atoms with Gasteiger partial charge in [-0.15, -0.1) is 0 Å². The van der Waals surface area contributed by atoms with Crippen LogP contribution in [0.25, 0.3) is 0 Å². The number of methoxy groups -OCH3 is 1. The number of hydrogen-bond donors (Lipinski definition) is 1. The third kappa shape index (κ3) is 3.84. The normalized spacial score (nSPS) is 10.0. The number of benzene rings is 1. The third-order valence-corrected chi connectivity index (χ3v) is 2.53. The largest absolute Gasteiger partial charge is 0.494 e. The Morgan fingerprint density at radius 2 is 2.11 bits per heavy atom. The summed E-state index contributed by atoms with van der Waals surface area (Å²) in [6, 6.07) is 9.72. The Labute approximate surface area is 112 Å². The van der Waals surface area contributed by atoms with Crippen LogP contribution in [-0.4, -0.2) is 23.7 Å². The zero-order valence-electron chi connectivity index (χ0n) is 11.1. The maximum atomic E-state index is 5.46. The highest BCUT2D eigenvalue weighted by Crippen LogP contribution is 2.15. The fourth-order valence-electron chi connectivity index (χ4n) is 1.65. The fraction of sp³-hybridized carbons (Fsp3) is 0.286. The summed E-state index contributed by atoms with van der Waals surface area (Å²) in [5.41, 5.74) is 1.13. The minimum atomic E-state index is 0.542. The lowest BCUT2D eigenvalue weighted by molar-refractivity contribution is 0.340. The van der Waals surface area contributed by atoms with Crippen molar-refractivity contribution in [3.63, 3.8) is 0 Å². The molecule has 0 radical (unpaired) electrons. The molecule has 0 atom stereocenters. The molecule has 0 spiro atoms. The Bertz CT molecular complexity index is 532. The van der Waals surface area contributed by atoms with Gasteiger partial charge in [-0.05, 0) is 24.6 Å². The molecule has 5 nitrogen and oxygen atoms in total. The molecule has 100 valence electrons. The number of ether oxygens (including phenoxy) is 2. The lowest BCUT2D eigenvalue weighted by Crippen LogP contribution is -2.02. The number of hydrogen-bond acceptors (Lipinski definition) is 5. The summed E-state index contributed by atoms with van der Waals surface area (Å²) in [4.78, 5) is 8.09. The Balaban J connectivity index is 1.99. The molecule has 0 saturated carbocycles. The summed E-state index contributed by atoms with van der Waals surface area (Å²) in [6.07, 6.45) is 1.47. The molecule has 0 unspecified atom stereocenters. The van der Waals surface area contributed by atoms with Gasteiger partial charge in [-0.25, -0.2) is 9.97 Å². The summed E-state index contributed by atoms with van der Waals surface area (Å²) >= 11 is 0. The van der Waals surface area contributed by atoms with Crippen LogP contribution < -0.4 is 14.8 Å². The summed E-state index contributed by atoms with van der Waals surface area (Å²) in [7, 11) is 1.58. The average molecular weight is 259 g/mol. The summed E-state index contributed by atoms with van der Waals surface area (Å²) in [6.45, 7) is 3.30. The topological polar surface area (TPSA) is 56.3 Å². The monoisotopic (exact) mass is 259 g/mol. The highest BCUT2D eigenvalue weighted by atomic mass is 16.5. The van der Waals surface area contributed by atoms with Crippen LogP contribution in [0.4, 0.5) is 5.82 Å². The van der Waals surface area contributed by atoms with Gasteiger partial charge in [0.15, 0.2) is 0 Å². The van der Waals surface area contributed by atoms with E-state index in [0.29, 0.717) is 19.0 Å². The van der Waals surface area contributed by atoms with Gasteiger partial charge < -0.3 is 14.8 Å². The lowest BCUT2D eigenvalue weighted by atomic mass is 10.2. The molecule has 5 heteroatoms. The number of rotatable bonds is 6. The van der Waals surface area contributed by atoms with E-state index in [1.54, 1.807) is 13.2 Å². The molecule has 0 aliphatic carbocycles. The molecule has 2 aromatic rings. The Hall–Kier alpha value is -2.30. The van der Waals surface area contributed by atoms with Crippen molar-refractivity contribution in [1.29, 1.82) is 0 Å². The minimum Gasteiger partial charge on any atom is -0.494 e. The minimum absolute atomic E-state index is 0.542. The van der Waals surface area contributed by atoms with Gasteiger partial charge in [0.2, 0.25) is 5.88 Å². The van der Waals surface area contributed by atoms with Crippen LogP contribution in [0.1, 0.15) is 12.5 Å². The van der Waals surface area contributed by atoms with E-state index in [0.717, 1.165) is 17.1 Å². The molecule has 1 N–H and O–H groups in total. The maximum absolute atomic E-state index is 5.46. The number of nitrogens with one attached hydrogen (secondary N) is 1. The summed E-state index contributed by atoms with van der Waals surface area (Å²) in [5, 5.41) is 3.22. The van der Waals surface area contributed by atoms with E-state index in [2.05, 4.69) is 15.3 Å². The quantitative estimate of drug-likeness (QED) is 0.863. The van der Waals surface area contributed by atoms with Crippen LogP contribution >= 0.6 is 0 Å². The molecule has 0 aliphatic heterocycles. The molecule has 2 rings (SSSR count). The highest BCUT2D eigenvalue weighted by molar-refractivity contribution is 5.39. The fourth-order valence-corrected chi connectivity index (χ4v) is 1.65. The van der Waals surface area contributed by atoms with Gasteiger partial charge in [0.05, 0.1) is 13.7 Å². The van der Waals surface area contributed by atoms with Crippen molar-refractivity contribution in [2.24, 2.45) is 0 Å². The van der Waals surface area contributed by atoms with E-state index in [1.165, 1.54) is 6.33 Å². The second kappa shape index (κ2) is 6.58. The summed E-state index contributed by atoms with van der Waals surface area (Å²) in [5.74, 6) is 2.15. The van der Waals surface area contributed by atoms with Gasteiger partial charge in [-0.3, -0.25) is 0 Å². The number of nitrogens with zero attached hydrogens (tertiary/aromatic N) is 2. The van der Waals surface area contributed by atoms with E-state index < -0.39 is 0 Å². The first-order chi connectivity index (χ1) is 9.31. The zero-order chi connectivity index (χ0) is 13.5. The predicted molar refractivity (Wildman–Crippen MR) is 73.5 cm³/mol.